The molecule has 5 rings (SSSR count). The van der Waals surface area contributed by atoms with Crippen molar-refractivity contribution >= 4 is 22.8 Å². The lowest BCUT2D eigenvalue weighted by molar-refractivity contribution is 0.102. The van der Waals surface area contributed by atoms with Gasteiger partial charge in [-0.2, -0.15) is 19.9 Å². The van der Waals surface area contributed by atoms with E-state index >= 15 is 0 Å². The van der Waals surface area contributed by atoms with Crippen LogP contribution in [0.15, 0.2) is 65.6 Å². The monoisotopic (exact) mass is 439 g/mol. The van der Waals surface area contributed by atoms with E-state index in [1.807, 2.05) is 62.4 Å². The Labute approximate surface area is 188 Å². The molecular weight excluding hydrogens is 418 g/mol. The van der Waals surface area contributed by atoms with Gasteiger partial charge in [-0.3, -0.25) is 14.6 Å². The van der Waals surface area contributed by atoms with Gasteiger partial charge in [0.25, 0.3) is 11.5 Å². The number of nitrogens with one attached hydrogen (secondary N) is 2. The van der Waals surface area contributed by atoms with E-state index in [0.717, 1.165) is 16.8 Å². The minimum atomic E-state index is -0.350. The number of nitrogens with zero attached hydrogens (tertiary/aromatic N) is 5. The number of H-pyrrole nitrogens is 1. The Morgan fingerprint density at radius 1 is 0.970 bits per heavy atom. The highest BCUT2D eigenvalue weighted by atomic mass is 16.2. The molecule has 0 atom stereocenters. The molecule has 2 N–H and O–H groups in total. The van der Waals surface area contributed by atoms with Crippen LogP contribution in [0.5, 0.6) is 0 Å². The molecule has 0 spiro atoms. The fourth-order valence-corrected chi connectivity index (χ4v) is 3.81. The zero-order valence-electron chi connectivity index (χ0n) is 18.3. The van der Waals surface area contributed by atoms with E-state index in [4.69, 9.17) is 0 Å². The minimum Gasteiger partial charge on any atom is -0.306 e. The molecule has 0 unspecified atom stereocenters. The molecule has 0 aliphatic carbocycles. The Morgan fingerprint density at radius 2 is 1.70 bits per heavy atom. The normalized spacial score (nSPS) is 11.1. The van der Waals surface area contributed by atoms with Crippen LogP contribution in [0.25, 0.3) is 22.7 Å². The molecule has 9 heteroatoms. The van der Waals surface area contributed by atoms with E-state index in [1.54, 1.807) is 17.7 Å². The molecule has 0 bridgehead atoms. The smallest absolute Gasteiger partial charge is 0.263 e. The van der Waals surface area contributed by atoms with Crippen molar-refractivity contribution < 1.29 is 4.79 Å². The maximum Gasteiger partial charge on any atom is 0.263 e. The van der Waals surface area contributed by atoms with Crippen LogP contribution in [0.2, 0.25) is 0 Å². The minimum absolute atomic E-state index is 0.175. The summed E-state index contributed by atoms with van der Waals surface area (Å²) in [7, 11) is 0. The molecule has 0 aliphatic rings. The van der Waals surface area contributed by atoms with Gasteiger partial charge in [0.05, 0.1) is 17.6 Å². The second-order valence-electron chi connectivity index (χ2n) is 7.93. The highest BCUT2D eigenvalue weighted by Gasteiger charge is 2.17. The second-order valence-corrected chi connectivity index (χ2v) is 7.93. The first-order chi connectivity index (χ1) is 15.9. The molecule has 164 valence electrons. The van der Waals surface area contributed by atoms with Crippen molar-refractivity contribution in [2.45, 2.75) is 20.8 Å². The summed E-state index contributed by atoms with van der Waals surface area (Å²) in [5, 5.41) is 12.0. The molecular formula is C24H21N7O2. The summed E-state index contributed by atoms with van der Waals surface area (Å²) in [5.74, 6) is 0.291. The van der Waals surface area contributed by atoms with Gasteiger partial charge in [-0.25, -0.2) is 4.68 Å². The number of carbonyl (C=O) groups excluding carboxylic acids is 1. The van der Waals surface area contributed by atoms with Crippen LogP contribution in [0, 0.1) is 20.8 Å². The van der Waals surface area contributed by atoms with Crippen molar-refractivity contribution in [3.05, 3.63) is 93.5 Å². The number of hydrogen-bond acceptors (Lipinski definition) is 5. The SMILES string of the molecule is Cc1cc(C)cc(C(=O)Nc2cc(C)nn2-c2nc3c(cnn3-c3ccccc3)c(=O)[nH]2)c1. The molecule has 5 aromatic rings. The molecule has 9 nitrogen and oxygen atoms in total. The number of carbonyl (C=O) groups is 1. The van der Waals surface area contributed by atoms with Gasteiger partial charge in [0.1, 0.15) is 11.2 Å². The van der Waals surface area contributed by atoms with Crippen molar-refractivity contribution in [2.75, 3.05) is 5.32 Å². The number of amides is 1. The lowest BCUT2D eigenvalue weighted by Gasteiger charge is -2.10. The van der Waals surface area contributed by atoms with E-state index in [0.29, 0.717) is 28.1 Å². The molecule has 0 radical (unpaired) electrons. The Bertz CT molecular complexity index is 1540. The Morgan fingerprint density at radius 3 is 2.42 bits per heavy atom. The Kier molecular flexibility index (Phi) is 4.86. The standard InChI is InChI=1S/C24H21N7O2/c1-14-9-15(2)11-17(10-14)22(32)26-20-12-16(3)29-31(20)24-27-21-19(23(33)28-24)13-25-30(21)18-7-5-4-6-8-18/h4-13H,1-3H3,(H,26,32)(H,27,28,33). The lowest BCUT2D eigenvalue weighted by Crippen LogP contribution is -2.19. The molecule has 3 aromatic heterocycles. The number of fused-ring (bicyclic) bond motifs is 1. The summed E-state index contributed by atoms with van der Waals surface area (Å²) in [5.41, 5.74) is 4.00. The summed E-state index contributed by atoms with van der Waals surface area (Å²) in [6.07, 6.45) is 1.48. The molecule has 0 fully saturated rings. The number of benzene rings is 2. The third-order valence-corrected chi connectivity index (χ3v) is 5.18. The van der Waals surface area contributed by atoms with Crippen LogP contribution in [0.1, 0.15) is 27.2 Å². The predicted molar refractivity (Wildman–Crippen MR) is 125 cm³/mol. The summed E-state index contributed by atoms with van der Waals surface area (Å²) in [6, 6.07) is 16.8. The number of aromatic amines is 1. The maximum atomic E-state index is 12.9. The number of aromatic nitrogens is 6. The van der Waals surface area contributed by atoms with Gasteiger partial charge in [-0.15, -0.1) is 0 Å². The molecule has 0 aliphatic heterocycles. The predicted octanol–water partition coefficient (Wildman–Crippen LogP) is 3.47. The van der Waals surface area contributed by atoms with Gasteiger partial charge >= 0.3 is 0 Å². The van der Waals surface area contributed by atoms with Crippen molar-refractivity contribution in [1.82, 2.24) is 29.5 Å². The van der Waals surface area contributed by atoms with Crippen LogP contribution in [0.3, 0.4) is 0 Å². The topological polar surface area (TPSA) is 110 Å². The number of rotatable bonds is 4. The van der Waals surface area contributed by atoms with Crippen LogP contribution < -0.4 is 10.9 Å². The molecule has 0 saturated carbocycles. The average molecular weight is 439 g/mol. The largest absolute Gasteiger partial charge is 0.306 e. The highest BCUT2D eigenvalue weighted by molar-refractivity contribution is 6.04. The summed E-state index contributed by atoms with van der Waals surface area (Å²) < 4.78 is 3.01. The molecule has 0 saturated heterocycles. The van der Waals surface area contributed by atoms with E-state index in [2.05, 4.69) is 25.5 Å². The summed E-state index contributed by atoms with van der Waals surface area (Å²) in [6.45, 7) is 5.68. The van der Waals surface area contributed by atoms with Crippen molar-refractivity contribution in [2.24, 2.45) is 0 Å². The van der Waals surface area contributed by atoms with Gasteiger partial charge in [-0.05, 0) is 45.0 Å². The number of aryl methyl sites for hydroxylation is 3. The highest BCUT2D eigenvalue weighted by Crippen LogP contribution is 2.19. The lowest BCUT2D eigenvalue weighted by atomic mass is 10.1. The molecule has 1 amide bonds. The van der Waals surface area contributed by atoms with Crippen molar-refractivity contribution in [3.8, 4) is 11.6 Å². The van der Waals surface area contributed by atoms with Gasteiger partial charge in [-0.1, -0.05) is 35.4 Å². The van der Waals surface area contributed by atoms with Crippen LogP contribution in [0.4, 0.5) is 5.82 Å². The van der Waals surface area contributed by atoms with Crippen molar-refractivity contribution in [1.29, 1.82) is 0 Å². The first-order valence-corrected chi connectivity index (χ1v) is 10.4. The zero-order valence-corrected chi connectivity index (χ0v) is 18.3. The van der Waals surface area contributed by atoms with Gasteiger partial charge < -0.3 is 5.32 Å². The van der Waals surface area contributed by atoms with Gasteiger partial charge in [0.2, 0.25) is 5.95 Å². The van der Waals surface area contributed by atoms with Crippen LogP contribution in [-0.4, -0.2) is 35.4 Å². The van der Waals surface area contributed by atoms with E-state index in [9.17, 15) is 9.59 Å². The fourth-order valence-electron chi connectivity index (χ4n) is 3.81. The fraction of sp³-hybridized carbons (Fsp3) is 0.125. The maximum absolute atomic E-state index is 12.9. The van der Waals surface area contributed by atoms with E-state index < -0.39 is 0 Å². The number of anilines is 1. The Hall–Kier alpha value is -4.53. The third-order valence-electron chi connectivity index (χ3n) is 5.18. The first-order valence-electron chi connectivity index (χ1n) is 10.4. The van der Waals surface area contributed by atoms with Crippen molar-refractivity contribution in [3.63, 3.8) is 0 Å². The Balaban J connectivity index is 1.58. The number of para-hydroxylation sites is 1. The molecule has 33 heavy (non-hydrogen) atoms. The first kappa shape index (κ1) is 20.4. The molecule has 2 aromatic carbocycles. The zero-order chi connectivity index (χ0) is 23.1. The van der Waals surface area contributed by atoms with E-state index in [-0.39, 0.29) is 17.4 Å². The molecule has 3 heterocycles. The van der Waals surface area contributed by atoms with Gasteiger partial charge in [0.15, 0.2) is 5.65 Å². The van der Waals surface area contributed by atoms with Crippen LogP contribution >= 0.6 is 0 Å². The summed E-state index contributed by atoms with van der Waals surface area (Å²) >= 11 is 0. The number of hydrogen-bond donors (Lipinski definition) is 2. The average Bonchev–Trinajstić information content (AvgIpc) is 3.37. The third kappa shape index (κ3) is 3.80. The summed E-state index contributed by atoms with van der Waals surface area (Å²) in [4.78, 5) is 33.1. The van der Waals surface area contributed by atoms with E-state index in [1.165, 1.54) is 10.9 Å². The van der Waals surface area contributed by atoms with Gasteiger partial charge in [0, 0.05) is 11.6 Å². The second kappa shape index (κ2) is 7.86. The van der Waals surface area contributed by atoms with Crippen LogP contribution in [-0.2, 0) is 0 Å². The quantitative estimate of drug-likeness (QED) is 0.446.